The number of benzene rings is 2. The van der Waals surface area contributed by atoms with Crippen molar-refractivity contribution < 1.29 is 13.9 Å². The Balaban J connectivity index is 1.60. The maximum absolute atomic E-state index is 13.3. The predicted molar refractivity (Wildman–Crippen MR) is 124 cm³/mol. The zero-order valence-electron chi connectivity index (χ0n) is 19.0. The van der Waals surface area contributed by atoms with Gasteiger partial charge in [0.1, 0.15) is 17.4 Å². The van der Waals surface area contributed by atoms with Gasteiger partial charge in [0, 0.05) is 29.0 Å². The number of hydrogen-bond acceptors (Lipinski definition) is 6. The molecule has 0 spiro atoms. The molecule has 8 nitrogen and oxygen atoms in total. The number of anilines is 1. The summed E-state index contributed by atoms with van der Waals surface area (Å²) in [6.07, 6.45) is 1.77. The molecule has 0 unspecified atom stereocenters. The lowest BCUT2D eigenvalue weighted by molar-refractivity contribution is -0.116. The van der Waals surface area contributed by atoms with Crippen LogP contribution in [0.4, 0.5) is 10.2 Å². The summed E-state index contributed by atoms with van der Waals surface area (Å²) in [5.74, 6) is 0.751. The lowest BCUT2D eigenvalue weighted by Crippen LogP contribution is -2.25. The number of carbonyl (C=O) groups excluding carboxylic acids is 1. The second kappa shape index (κ2) is 8.66. The van der Waals surface area contributed by atoms with Gasteiger partial charge in [-0.3, -0.25) is 4.79 Å². The van der Waals surface area contributed by atoms with Gasteiger partial charge in [0.2, 0.25) is 5.91 Å². The molecular formula is C25H23FN6O2. The molecule has 1 amide bonds. The average Bonchev–Trinajstić information content (AvgIpc) is 3.15. The van der Waals surface area contributed by atoms with E-state index in [2.05, 4.69) is 25.6 Å². The van der Waals surface area contributed by atoms with Crippen molar-refractivity contribution in [2.45, 2.75) is 39.2 Å². The third kappa shape index (κ3) is 4.00. The molecule has 0 saturated heterocycles. The van der Waals surface area contributed by atoms with E-state index in [-0.39, 0.29) is 36.1 Å². The maximum atomic E-state index is 13.3. The van der Waals surface area contributed by atoms with E-state index >= 15 is 0 Å². The number of fused-ring (bicyclic) bond motifs is 1. The molecule has 34 heavy (non-hydrogen) atoms. The normalized spacial score (nSPS) is 15.2. The molecule has 0 bridgehead atoms. The van der Waals surface area contributed by atoms with Crippen LogP contribution in [0.2, 0.25) is 0 Å². The van der Waals surface area contributed by atoms with Gasteiger partial charge in [-0.2, -0.15) is 14.9 Å². The van der Waals surface area contributed by atoms with Crippen LogP contribution >= 0.6 is 0 Å². The predicted octanol–water partition coefficient (Wildman–Crippen LogP) is 4.43. The third-order valence-corrected chi connectivity index (χ3v) is 5.64. The molecule has 2 aromatic heterocycles. The molecule has 1 aliphatic heterocycles. The molecular weight excluding hydrogens is 435 g/mol. The summed E-state index contributed by atoms with van der Waals surface area (Å²) in [7, 11) is 0. The van der Waals surface area contributed by atoms with Gasteiger partial charge in [-0.05, 0) is 51.1 Å². The highest BCUT2D eigenvalue weighted by atomic mass is 19.1. The number of para-hydroxylation sites is 1. The molecule has 1 N–H and O–H groups in total. The summed E-state index contributed by atoms with van der Waals surface area (Å²) < 4.78 is 20.9. The topological polar surface area (TPSA) is 94.8 Å². The molecule has 0 saturated carbocycles. The van der Waals surface area contributed by atoms with Crippen molar-refractivity contribution in [2.24, 2.45) is 0 Å². The van der Waals surface area contributed by atoms with Crippen LogP contribution in [-0.2, 0) is 4.79 Å². The second-order valence-corrected chi connectivity index (χ2v) is 8.42. The Kier molecular flexibility index (Phi) is 5.53. The van der Waals surface area contributed by atoms with E-state index in [1.54, 1.807) is 12.1 Å². The minimum absolute atomic E-state index is 0.00414. The first-order chi connectivity index (χ1) is 16.4. The van der Waals surface area contributed by atoms with E-state index in [0.717, 1.165) is 22.6 Å². The van der Waals surface area contributed by atoms with Gasteiger partial charge in [-0.15, -0.1) is 5.10 Å². The number of nitrogens with zero attached hydrogens (tertiary/aromatic N) is 5. The first-order valence-corrected chi connectivity index (χ1v) is 11.0. The van der Waals surface area contributed by atoms with E-state index in [9.17, 15) is 9.18 Å². The number of ether oxygens (including phenoxy) is 1. The molecule has 1 aliphatic rings. The zero-order chi connectivity index (χ0) is 23.8. The van der Waals surface area contributed by atoms with Crippen LogP contribution in [0, 0.1) is 12.7 Å². The number of hydrogen-bond donors (Lipinski definition) is 1. The Morgan fingerprint density at radius 2 is 1.91 bits per heavy atom. The molecule has 3 heterocycles. The van der Waals surface area contributed by atoms with Crippen LogP contribution in [-0.4, -0.2) is 37.0 Å². The van der Waals surface area contributed by atoms with Crippen molar-refractivity contribution in [3.8, 4) is 23.0 Å². The van der Waals surface area contributed by atoms with Gasteiger partial charge in [-0.1, -0.05) is 18.2 Å². The number of aryl methyl sites for hydroxylation is 1. The SMILES string of the molecule is Cc1nn(-c2nncc(-c3ccc(F)cc3)n2)c2c1[C@H](c1ccccc1OC(C)C)CC(=O)N2. The van der Waals surface area contributed by atoms with Crippen LogP contribution < -0.4 is 10.1 Å². The Morgan fingerprint density at radius 1 is 1.15 bits per heavy atom. The summed E-state index contributed by atoms with van der Waals surface area (Å²) >= 11 is 0. The number of aromatic nitrogens is 5. The summed E-state index contributed by atoms with van der Waals surface area (Å²) in [5.41, 5.74) is 3.76. The Morgan fingerprint density at radius 3 is 2.68 bits per heavy atom. The molecule has 0 aliphatic carbocycles. The van der Waals surface area contributed by atoms with Gasteiger partial charge >= 0.3 is 0 Å². The van der Waals surface area contributed by atoms with Crippen LogP contribution in [0.3, 0.4) is 0 Å². The summed E-state index contributed by atoms with van der Waals surface area (Å²) in [6.45, 7) is 5.83. The van der Waals surface area contributed by atoms with Crippen LogP contribution in [0.1, 0.15) is 43.0 Å². The molecule has 4 aromatic rings. The fourth-order valence-corrected chi connectivity index (χ4v) is 4.23. The fourth-order valence-electron chi connectivity index (χ4n) is 4.23. The fraction of sp³-hybridized carbons (Fsp3) is 0.240. The molecule has 172 valence electrons. The van der Waals surface area contributed by atoms with Crippen LogP contribution in [0.25, 0.3) is 17.2 Å². The highest BCUT2D eigenvalue weighted by Gasteiger charge is 2.34. The zero-order valence-corrected chi connectivity index (χ0v) is 19.0. The lowest BCUT2D eigenvalue weighted by atomic mass is 9.85. The molecule has 0 radical (unpaired) electrons. The van der Waals surface area contributed by atoms with E-state index in [1.807, 2.05) is 45.0 Å². The quantitative estimate of drug-likeness (QED) is 0.475. The number of amides is 1. The maximum Gasteiger partial charge on any atom is 0.272 e. The number of carbonyl (C=O) groups is 1. The molecule has 1 atom stereocenters. The van der Waals surface area contributed by atoms with Crippen molar-refractivity contribution in [2.75, 3.05) is 5.32 Å². The standard InChI is InChI=1S/C25H23FN6O2/c1-14(2)34-21-7-5-4-6-18(21)19-12-22(33)29-24-23(19)15(3)31-32(24)25-28-20(13-27-30-25)16-8-10-17(26)11-9-16/h4-11,13-14,19H,12H2,1-3H3,(H,29,33)/t19-/m0/s1. The summed E-state index contributed by atoms with van der Waals surface area (Å²) in [4.78, 5) is 17.3. The van der Waals surface area contributed by atoms with Gasteiger partial charge in [-0.25, -0.2) is 9.37 Å². The third-order valence-electron chi connectivity index (χ3n) is 5.64. The Hall–Kier alpha value is -4.14. The van der Waals surface area contributed by atoms with Crippen molar-refractivity contribution >= 4 is 11.7 Å². The second-order valence-electron chi connectivity index (χ2n) is 8.42. The number of nitrogens with one attached hydrogen (secondary N) is 1. The minimum atomic E-state index is -0.335. The monoisotopic (exact) mass is 458 g/mol. The van der Waals surface area contributed by atoms with E-state index in [0.29, 0.717) is 17.1 Å². The van der Waals surface area contributed by atoms with Crippen LogP contribution in [0.15, 0.2) is 54.7 Å². The molecule has 2 aromatic carbocycles. The number of halogens is 1. The van der Waals surface area contributed by atoms with E-state index < -0.39 is 0 Å². The van der Waals surface area contributed by atoms with E-state index in [1.165, 1.54) is 23.0 Å². The largest absolute Gasteiger partial charge is 0.491 e. The smallest absolute Gasteiger partial charge is 0.272 e. The number of rotatable bonds is 5. The lowest BCUT2D eigenvalue weighted by Gasteiger charge is -2.26. The molecule has 5 rings (SSSR count). The van der Waals surface area contributed by atoms with Gasteiger partial charge < -0.3 is 10.1 Å². The summed E-state index contributed by atoms with van der Waals surface area (Å²) in [5, 5.41) is 15.8. The van der Waals surface area contributed by atoms with Crippen LogP contribution in [0.5, 0.6) is 5.75 Å². The Bertz CT molecular complexity index is 1370. The average molecular weight is 458 g/mol. The highest BCUT2D eigenvalue weighted by Crippen LogP contribution is 2.43. The molecule has 9 heteroatoms. The van der Waals surface area contributed by atoms with Crippen molar-refractivity contribution in [3.63, 3.8) is 0 Å². The first-order valence-electron chi connectivity index (χ1n) is 11.0. The van der Waals surface area contributed by atoms with Gasteiger partial charge in [0.15, 0.2) is 0 Å². The highest BCUT2D eigenvalue weighted by molar-refractivity contribution is 5.95. The van der Waals surface area contributed by atoms with Crippen molar-refractivity contribution in [1.82, 2.24) is 25.0 Å². The Labute approximate surface area is 195 Å². The first kappa shape index (κ1) is 21.7. The minimum Gasteiger partial charge on any atom is -0.491 e. The van der Waals surface area contributed by atoms with Crippen molar-refractivity contribution in [1.29, 1.82) is 0 Å². The van der Waals surface area contributed by atoms with E-state index in [4.69, 9.17) is 4.74 Å². The summed E-state index contributed by atoms with van der Waals surface area (Å²) in [6, 6.07) is 13.7. The van der Waals surface area contributed by atoms with Gasteiger partial charge in [0.05, 0.1) is 23.7 Å². The van der Waals surface area contributed by atoms with Crippen molar-refractivity contribution in [3.05, 3.63) is 77.4 Å². The molecule has 0 fully saturated rings. The van der Waals surface area contributed by atoms with Gasteiger partial charge in [0.25, 0.3) is 5.95 Å².